The largest absolute Gasteiger partial charge is 0.302 e. The summed E-state index contributed by atoms with van der Waals surface area (Å²) in [5.74, 6) is 0.872. The standard InChI is InChI=1S/C11H16N2OS2/c1-7-8(2)16-10(12-7)13-9(14)5-11(6-15)3-4-11/h15H,3-6H2,1-2H3,(H,12,13,14). The molecule has 0 aromatic carbocycles. The molecule has 1 aliphatic carbocycles. The van der Waals surface area contributed by atoms with Crippen LogP contribution in [0.25, 0.3) is 0 Å². The summed E-state index contributed by atoms with van der Waals surface area (Å²) in [7, 11) is 0. The van der Waals surface area contributed by atoms with E-state index in [0.29, 0.717) is 6.42 Å². The number of carbonyl (C=O) groups is 1. The molecule has 1 aliphatic rings. The summed E-state index contributed by atoms with van der Waals surface area (Å²) >= 11 is 5.83. The zero-order valence-corrected chi connectivity index (χ0v) is 11.3. The summed E-state index contributed by atoms with van der Waals surface area (Å²) in [4.78, 5) is 17.2. The van der Waals surface area contributed by atoms with E-state index >= 15 is 0 Å². The number of hydrogen-bond donors (Lipinski definition) is 2. The Morgan fingerprint density at radius 1 is 1.56 bits per heavy atom. The van der Waals surface area contributed by atoms with Crippen molar-refractivity contribution < 1.29 is 4.79 Å². The van der Waals surface area contributed by atoms with Gasteiger partial charge in [-0.15, -0.1) is 11.3 Å². The van der Waals surface area contributed by atoms with E-state index in [9.17, 15) is 4.79 Å². The van der Waals surface area contributed by atoms with E-state index in [1.54, 1.807) is 0 Å². The highest BCUT2D eigenvalue weighted by Gasteiger charge is 2.42. The van der Waals surface area contributed by atoms with Crippen LogP contribution in [-0.4, -0.2) is 16.6 Å². The average molecular weight is 256 g/mol. The lowest BCUT2D eigenvalue weighted by Gasteiger charge is -2.09. The third kappa shape index (κ3) is 2.58. The number of amides is 1. The molecule has 16 heavy (non-hydrogen) atoms. The van der Waals surface area contributed by atoms with Crippen molar-refractivity contribution in [2.24, 2.45) is 5.41 Å². The number of thiazole rings is 1. The Morgan fingerprint density at radius 3 is 2.69 bits per heavy atom. The van der Waals surface area contributed by atoms with Crippen molar-refractivity contribution in [2.45, 2.75) is 33.1 Å². The number of rotatable bonds is 4. The average Bonchev–Trinajstić information content (AvgIpc) is 2.90. The van der Waals surface area contributed by atoms with Crippen LogP contribution >= 0.6 is 24.0 Å². The third-order valence-electron chi connectivity index (χ3n) is 3.10. The summed E-state index contributed by atoms with van der Waals surface area (Å²) in [6.07, 6.45) is 2.83. The minimum Gasteiger partial charge on any atom is -0.302 e. The van der Waals surface area contributed by atoms with Gasteiger partial charge in [0.05, 0.1) is 5.69 Å². The quantitative estimate of drug-likeness (QED) is 0.813. The molecule has 0 saturated heterocycles. The summed E-state index contributed by atoms with van der Waals surface area (Å²) in [6.45, 7) is 3.97. The van der Waals surface area contributed by atoms with Crippen molar-refractivity contribution in [1.29, 1.82) is 0 Å². The highest BCUT2D eigenvalue weighted by molar-refractivity contribution is 7.80. The Bertz CT molecular complexity index is 391. The van der Waals surface area contributed by atoms with Crippen LogP contribution in [0.5, 0.6) is 0 Å². The molecule has 0 radical (unpaired) electrons. The van der Waals surface area contributed by atoms with Gasteiger partial charge in [-0.05, 0) is 37.9 Å². The Hall–Kier alpha value is -0.550. The van der Waals surface area contributed by atoms with Gasteiger partial charge >= 0.3 is 0 Å². The van der Waals surface area contributed by atoms with E-state index in [1.165, 1.54) is 11.3 Å². The van der Waals surface area contributed by atoms with Crippen LogP contribution in [0.3, 0.4) is 0 Å². The fourth-order valence-corrected chi connectivity index (χ4v) is 2.86. The number of thiol groups is 1. The van der Waals surface area contributed by atoms with Gasteiger partial charge in [0.15, 0.2) is 5.13 Å². The molecule has 1 aromatic heterocycles. The third-order valence-corrected chi connectivity index (χ3v) is 4.76. The molecule has 1 fully saturated rings. The minimum atomic E-state index is 0.0697. The summed E-state index contributed by atoms with van der Waals surface area (Å²) < 4.78 is 0. The first-order chi connectivity index (χ1) is 7.54. The Balaban J connectivity index is 1.92. The SMILES string of the molecule is Cc1nc(NC(=O)CC2(CS)CC2)sc1C. The van der Waals surface area contributed by atoms with Crippen molar-refractivity contribution >= 4 is 35.0 Å². The maximum Gasteiger partial charge on any atom is 0.226 e. The second-order valence-corrected chi connectivity index (χ2v) is 6.06. The maximum absolute atomic E-state index is 11.8. The maximum atomic E-state index is 11.8. The predicted molar refractivity (Wildman–Crippen MR) is 70.4 cm³/mol. The van der Waals surface area contributed by atoms with Crippen LogP contribution < -0.4 is 5.32 Å². The van der Waals surface area contributed by atoms with E-state index in [1.807, 2.05) is 13.8 Å². The Kier molecular flexibility index (Phi) is 3.26. The first-order valence-corrected chi connectivity index (χ1v) is 6.84. The van der Waals surface area contributed by atoms with Crippen LogP contribution in [0, 0.1) is 19.3 Å². The normalized spacial score (nSPS) is 17.2. The molecule has 88 valence electrons. The second-order valence-electron chi connectivity index (χ2n) is 4.54. The van der Waals surface area contributed by atoms with Crippen LogP contribution in [0.2, 0.25) is 0 Å². The topological polar surface area (TPSA) is 42.0 Å². The van der Waals surface area contributed by atoms with E-state index in [2.05, 4.69) is 22.9 Å². The molecular formula is C11H16N2OS2. The lowest BCUT2D eigenvalue weighted by atomic mass is 10.1. The second kappa shape index (κ2) is 4.37. The van der Waals surface area contributed by atoms with Crippen LogP contribution in [-0.2, 0) is 4.79 Å². The summed E-state index contributed by atoms with van der Waals surface area (Å²) in [5, 5.41) is 3.59. The number of hydrogen-bond acceptors (Lipinski definition) is 4. The van der Waals surface area contributed by atoms with Crippen molar-refractivity contribution in [1.82, 2.24) is 4.98 Å². The van der Waals surface area contributed by atoms with E-state index in [4.69, 9.17) is 0 Å². The molecule has 3 nitrogen and oxygen atoms in total. The first kappa shape index (κ1) is 11.9. The van der Waals surface area contributed by atoms with Gasteiger partial charge in [-0.1, -0.05) is 0 Å². The van der Waals surface area contributed by atoms with Gasteiger partial charge in [0.1, 0.15) is 0 Å². The van der Waals surface area contributed by atoms with E-state index in [-0.39, 0.29) is 11.3 Å². The van der Waals surface area contributed by atoms with Gasteiger partial charge < -0.3 is 5.32 Å². The van der Waals surface area contributed by atoms with Gasteiger partial charge in [0.25, 0.3) is 0 Å². The van der Waals surface area contributed by atoms with Gasteiger partial charge in [-0.25, -0.2) is 4.98 Å². The molecule has 0 atom stereocenters. The smallest absolute Gasteiger partial charge is 0.226 e. The van der Waals surface area contributed by atoms with Crippen molar-refractivity contribution in [2.75, 3.05) is 11.1 Å². The molecule has 0 unspecified atom stereocenters. The molecule has 1 heterocycles. The molecule has 1 aromatic rings. The summed E-state index contributed by atoms with van der Waals surface area (Å²) in [6, 6.07) is 0. The Morgan fingerprint density at radius 2 is 2.25 bits per heavy atom. The number of carbonyl (C=O) groups excluding carboxylic acids is 1. The van der Waals surface area contributed by atoms with E-state index < -0.39 is 0 Å². The van der Waals surface area contributed by atoms with Gasteiger partial charge in [0, 0.05) is 11.3 Å². The van der Waals surface area contributed by atoms with Crippen LogP contribution in [0.4, 0.5) is 5.13 Å². The molecular weight excluding hydrogens is 240 g/mol. The molecule has 1 amide bonds. The number of aromatic nitrogens is 1. The lowest BCUT2D eigenvalue weighted by Crippen LogP contribution is -2.18. The minimum absolute atomic E-state index is 0.0697. The molecule has 1 N–H and O–H groups in total. The van der Waals surface area contributed by atoms with Crippen LogP contribution in [0.1, 0.15) is 29.8 Å². The van der Waals surface area contributed by atoms with E-state index in [0.717, 1.165) is 34.3 Å². The zero-order valence-electron chi connectivity index (χ0n) is 9.54. The predicted octanol–water partition coefficient (Wildman–Crippen LogP) is 2.80. The van der Waals surface area contributed by atoms with Gasteiger partial charge in [-0.3, -0.25) is 4.79 Å². The molecule has 5 heteroatoms. The Labute approximate surface area is 105 Å². The summed E-state index contributed by atoms with van der Waals surface area (Å²) in [5.41, 5.74) is 1.17. The first-order valence-electron chi connectivity index (χ1n) is 5.39. The molecule has 0 bridgehead atoms. The van der Waals surface area contributed by atoms with Gasteiger partial charge in [-0.2, -0.15) is 12.6 Å². The number of nitrogens with one attached hydrogen (secondary N) is 1. The number of anilines is 1. The molecule has 2 rings (SSSR count). The molecule has 0 aliphatic heterocycles. The highest BCUT2D eigenvalue weighted by atomic mass is 32.1. The fourth-order valence-electron chi connectivity index (χ4n) is 1.60. The fraction of sp³-hybridized carbons (Fsp3) is 0.636. The molecule has 1 saturated carbocycles. The monoisotopic (exact) mass is 256 g/mol. The highest BCUT2D eigenvalue weighted by Crippen LogP contribution is 2.49. The van der Waals surface area contributed by atoms with Gasteiger partial charge in [0.2, 0.25) is 5.91 Å². The lowest BCUT2D eigenvalue weighted by molar-refractivity contribution is -0.117. The number of aryl methyl sites for hydroxylation is 2. The van der Waals surface area contributed by atoms with Crippen molar-refractivity contribution in [3.63, 3.8) is 0 Å². The van der Waals surface area contributed by atoms with Crippen molar-refractivity contribution in [3.05, 3.63) is 10.6 Å². The van der Waals surface area contributed by atoms with Crippen LogP contribution in [0.15, 0.2) is 0 Å². The zero-order chi connectivity index (χ0) is 11.8. The molecule has 0 spiro atoms. The van der Waals surface area contributed by atoms with Crippen molar-refractivity contribution in [3.8, 4) is 0 Å². The number of nitrogens with zero attached hydrogens (tertiary/aromatic N) is 1.